The molecule has 1 heterocycles. The van der Waals surface area contributed by atoms with E-state index in [0.717, 1.165) is 0 Å². The Morgan fingerprint density at radius 2 is 2.44 bits per heavy atom. The second-order valence-electron chi connectivity index (χ2n) is 1.33. The van der Waals surface area contributed by atoms with E-state index in [1.807, 2.05) is 0 Å². The van der Waals surface area contributed by atoms with Gasteiger partial charge in [-0.2, -0.15) is 6.07 Å². The SMILES string of the molecule is [CH-]=Cc1[c-]cccn1.[Y]. The molecule has 1 aromatic rings. The molecule has 0 aliphatic rings. The molecule has 0 fully saturated rings. The van der Waals surface area contributed by atoms with Crippen molar-refractivity contribution >= 4 is 6.08 Å². The fourth-order valence-electron chi connectivity index (χ4n) is 0.428. The molecular weight excluding hydrogens is 187 g/mol. The maximum atomic E-state index is 5.13. The quantitative estimate of drug-likeness (QED) is 0.611. The van der Waals surface area contributed by atoms with Gasteiger partial charge in [0.1, 0.15) is 0 Å². The van der Waals surface area contributed by atoms with Crippen LogP contribution in [0.25, 0.3) is 6.08 Å². The average molecular weight is 192 g/mol. The number of rotatable bonds is 1. The monoisotopic (exact) mass is 192 g/mol. The summed E-state index contributed by atoms with van der Waals surface area (Å²) in [6.45, 7) is 5.13. The summed E-state index contributed by atoms with van der Waals surface area (Å²) in [5.41, 5.74) is 0.688. The van der Waals surface area contributed by atoms with Crippen LogP contribution in [0.4, 0.5) is 0 Å². The first-order valence-corrected chi connectivity index (χ1v) is 2.31. The summed E-state index contributed by atoms with van der Waals surface area (Å²) >= 11 is 0. The van der Waals surface area contributed by atoms with Crippen LogP contribution in [0.1, 0.15) is 5.69 Å². The molecule has 0 amide bonds. The molecule has 0 spiro atoms. The number of hydrogen-bond acceptors (Lipinski definition) is 1. The third-order valence-electron chi connectivity index (χ3n) is 0.785. The summed E-state index contributed by atoms with van der Waals surface area (Å²) in [6, 6.07) is 6.39. The van der Waals surface area contributed by atoms with E-state index in [0.29, 0.717) is 5.69 Å². The molecular formula is C7H5NY-2. The zero-order valence-corrected chi connectivity index (χ0v) is 7.75. The van der Waals surface area contributed by atoms with E-state index >= 15 is 0 Å². The normalized spacial score (nSPS) is 7.56. The Bertz CT molecular complexity index is 172. The van der Waals surface area contributed by atoms with Crippen molar-refractivity contribution in [1.29, 1.82) is 0 Å². The molecule has 1 aromatic heterocycles. The molecule has 0 aliphatic carbocycles. The Hall–Kier alpha value is -0.00610. The van der Waals surface area contributed by atoms with Crippen LogP contribution in [-0.4, -0.2) is 4.98 Å². The predicted octanol–water partition coefficient (Wildman–Crippen LogP) is 1.33. The van der Waals surface area contributed by atoms with Gasteiger partial charge in [0.2, 0.25) is 0 Å². The van der Waals surface area contributed by atoms with Crippen LogP contribution < -0.4 is 0 Å². The van der Waals surface area contributed by atoms with Gasteiger partial charge < -0.3 is 17.6 Å². The van der Waals surface area contributed by atoms with E-state index in [1.165, 1.54) is 6.08 Å². The minimum Gasteiger partial charge on any atom is -0.390 e. The second kappa shape index (κ2) is 4.83. The van der Waals surface area contributed by atoms with E-state index in [-0.39, 0.29) is 32.7 Å². The summed E-state index contributed by atoms with van der Waals surface area (Å²) in [4.78, 5) is 3.86. The number of aromatic nitrogens is 1. The van der Waals surface area contributed by atoms with E-state index < -0.39 is 0 Å². The summed E-state index contributed by atoms with van der Waals surface area (Å²) in [5.74, 6) is 0. The summed E-state index contributed by atoms with van der Waals surface area (Å²) in [7, 11) is 0. The van der Waals surface area contributed by atoms with Gasteiger partial charge in [0.05, 0.1) is 0 Å². The van der Waals surface area contributed by atoms with Crippen molar-refractivity contribution in [3.8, 4) is 0 Å². The van der Waals surface area contributed by atoms with Gasteiger partial charge >= 0.3 is 0 Å². The minimum absolute atomic E-state index is 0. The van der Waals surface area contributed by atoms with E-state index in [9.17, 15) is 0 Å². The Balaban J connectivity index is 0.000000640. The molecule has 0 N–H and O–H groups in total. The van der Waals surface area contributed by atoms with E-state index in [1.54, 1.807) is 18.3 Å². The van der Waals surface area contributed by atoms with E-state index in [4.69, 9.17) is 6.58 Å². The van der Waals surface area contributed by atoms with Crippen molar-refractivity contribution < 1.29 is 32.7 Å². The third kappa shape index (κ3) is 2.88. The first-order chi connectivity index (χ1) is 3.93. The molecule has 43 valence electrons. The number of nitrogens with zero attached hydrogens (tertiary/aromatic N) is 1. The van der Waals surface area contributed by atoms with Gasteiger partial charge in [-0.15, -0.1) is 6.07 Å². The van der Waals surface area contributed by atoms with Crippen LogP contribution in [0.3, 0.4) is 0 Å². The summed E-state index contributed by atoms with van der Waals surface area (Å²) in [5, 5.41) is 0. The molecule has 1 rings (SSSR count). The molecule has 1 nitrogen and oxygen atoms in total. The largest absolute Gasteiger partial charge is 0.390 e. The molecule has 0 saturated heterocycles. The Morgan fingerprint density at radius 1 is 1.67 bits per heavy atom. The number of hydrogen-bond donors (Lipinski definition) is 0. The van der Waals surface area contributed by atoms with E-state index in [2.05, 4.69) is 11.1 Å². The van der Waals surface area contributed by atoms with Crippen LogP contribution in [0.5, 0.6) is 0 Å². The first-order valence-electron chi connectivity index (χ1n) is 2.31. The molecule has 0 saturated carbocycles. The van der Waals surface area contributed by atoms with Gasteiger partial charge in [0.25, 0.3) is 0 Å². The first kappa shape index (κ1) is 8.99. The third-order valence-corrected chi connectivity index (χ3v) is 0.785. The molecule has 0 atom stereocenters. The van der Waals surface area contributed by atoms with Gasteiger partial charge in [-0.25, -0.2) is 5.69 Å². The second-order valence-corrected chi connectivity index (χ2v) is 1.33. The summed E-state index contributed by atoms with van der Waals surface area (Å²) in [6.07, 6.45) is 3.09. The van der Waals surface area contributed by atoms with Gasteiger partial charge in [0, 0.05) is 32.7 Å². The molecule has 2 heteroatoms. The van der Waals surface area contributed by atoms with Crippen molar-refractivity contribution in [2.75, 3.05) is 0 Å². The number of pyridine rings is 1. The Labute approximate surface area is 80.1 Å². The zero-order valence-electron chi connectivity index (χ0n) is 4.91. The predicted molar refractivity (Wildman–Crippen MR) is 31.8 cm³/mol. The van der Waals surface area contributed by atoms with Crippen LogP contribution in [-0.2, 0) is 32.7 Å². The molecule has 1 radical (unpaired) electrons. The van der Waals surface area contributed by atoms with Crippen molar-refractivity contribution in [2.45, 2.75) is 0 Å². The fraction of sp³-hybridized carbons (Fsp3) is 0. The summed E-state index contributed by atoms with van der Waals surface area (Å²) < 4.78 is 0. The van der Waals surface area contributed by atoms with Crippen molar-refractivity contribution in [2.24, 2.45) is 0 Å². The Kier molecular flexibility index (Phi) is 4.83. The molecule has 0 unspecified atom stereocenters. The van der Waals surface area contributed by atoms with Crippen LogP contribution in [0.15, 0.2) is 18.3 Å². The molecule has 9 heavy (non-hydrogen) atoms. The van der Waals surface area contributed by atoms with Gasteiger partial charge in [-0.05, 0) is 0 Å². The maximum Gasteiger partial charge on any atom is 0 e. The topological polar surface area (TPSA) is 12.9 Å². The van der Waals surface area contributed by atoms with Crippen LogP contribution in [0, 0.1) is 12.6 Å². The molecule has 0 aromatic carbocycles. The smallest absolute Gasteiger partial charge is 0 e. The van der Waals surface area contributed by atoms with Crippen molar-refractivity contribution in [1.82, 2.24) is 4.98 Å². The average Bonchev–Trinajstić information content (AvgIpc) is 1.90. The van der Waals surface area contributed by atoms with Gasteiger partial charge in [-0.1, -0.05) is 6.20 Å². The molecule has 0 bridgehead atoms. The van der Waals surface area contributed by atoms with Gasteiger partial charge in [-0.3, -0.25) is 6.07 Å². The van der Waals surface area contributed by atoms with Crippen LogP contribution >= 0.6 is 0 Å². The zero-order chi connectivity index (χ0) is 5.82. The van der Waals surface area contributed by atoms with Gasteiger partial charge in [0.15, 0.2) is 0 Å². The fourth-order valence-corrected chi connectivity index (χ4v) is 0.428. The minimum atomic E-state index is 0. The molecule has 0 aliphatic heterocycles. The standard InChI is InChI=1S/C7H5N.Y/c1-2-7-5-3-4-6-8-7;/h1-4,6H;/q-2;. The maximum absolute atomic E-state index is 5.13. The Morgan fingerprint density at radius 3 is 2.78 bits per heavy atom. The van der Waals surface area contributed by atoms with Crippen LogP contribution in [0.2, 0.25) is 0 Å². The van der Waals surface area contributed by atoms with Crippen molar-refractivity contribution in [3.05, 3.63) is 36.7 Å². The van der Waals surface area contributed by atoms with Crippen molar-refractivity contribution in [3.63, 3.8) is 0 Å².